The van der Waals surface area contributed by atoms with Crippen LogP contribution in [0.15, 0.2) is 65.1 Å². The van der Waals surface area contributed by atoms with E-state index in [1.807, 2.05) is 18.2 Å². The molecule has 0 aliphatic heterocycles. The van der Waals surface area contributed by atoms with Crippen molar-refractivity contribution < 1.29 is 14.1 Å². The molecule has 4 rings (SSSR count). The predicted molar refractivity (Wildman–Crippen MR) is 124 cm³/mol. The van der Waals surface area contributed by atoms with Crippen LogP contribution in [0, 0.1) is 17.0 Å². The molecule has 1 N–H and O–H groups in total. The van der Waals surface area contributed by atoms with E-state index in [9.17, 15) is 14.9 Å². The molecule has 1 aromatic heterocycles. The second-order valence-electron chi connectivity index (χ2n) is 7.79. The summed E-state index contributed by atoms with van der Waals surface area (Å²) in [5.74, 6) is 0.559. The van der Waals surface area contributed by atoms with Crippen LogP contribution in [0.4, 0.5) is 11.4 Å². The molecule has 0 bridgehead atoms. The van der Waals surface area contributed by atoms with E-state index in [-0.39, 0.29) is 11.3 Å². The summed E-state index contributed by atoms with van der Waals surface area (Å²) >= 11 is 0. The molecule has 4 aromatic rings. The molecule has 1 heterocycles. The SMILES string of the molecule is CC[C@H](C)c1ccc2oc(-c3ccc(NC(=O)c4cccc([N+](=O)[O-])c4C)cc3)nc2c1. The number of oxazole rings is 1. The Morgan fingerprint density at radius 2 is 1.91 bits per heavy atom. The Labute approximate surface area is 185 Å². The number of amides is 1. The normalized spacial score (nSPS) is 12.0. The van der Waals surface area contributed by atoms with Crippen molar-refractivity contribution in [1.82, 2.24) is 4.98 Å². The lowest BCUT2D eigenvalue weighted by Gasteiger charge is -2.08. The Morgan fingerprint density at radius 1 is 1.16 bits per heavy atom. The molecular weight excluding hydrogens is 406 g/mol. The number of nitro groups is 1. The first kappa shape index (κ1) is 21.2. The van der Waals surface area contributed by atoms with Crippen molar-refractivity contribution in [1.29, 1.82) is 0 Å². The molecule has 0 radical (unpaired) electrons. The van der Waals surface area contributed by atoms with Gasteiger partial charge in [-0.25, -0.2) is 4.98 Å². The van der Waals surface area contributed by atoms with E-state index in [4.69, 9.17) is 4.42 Å². The van der Waals surface area contributed by atoms with Crippen LogP contribution < -0.4 is 5.32 Å². The maximum Gasteiger partial charge on any atom is 0.273 e. The molecule has 1 atom stereocenters. The number of carbonyl (C=O) groups excluding carboxylic acids is 1. The number of rotatable bonds is 6. The van der Waals surface area contributed by atoms with Gasteiger partial charge in [0, 0.05) is 28.4 Å². The standard InChI is InChI=1S/C25H23N3O4/c1-4-15(2)18-10-13-23-21(14-18)27-25(32-23)17-8-11-19(12-9-17)26-24(29)20-6-5-7-22(16(20)3)28(30)31/h5-15H,4H2,1-3H3,(H,26,29)/t15-/m0/s1. The van der Waals surface area contributed by atoms with Crippen LogP contribution in [0.25, 0.3) is 22.6 Å². The molecule has 0 unspecified atom stereocenters. The highest BCUT2D eigenvalue weighted by atomic mass is 16.6. The van der Waals surface area contributed by atoms with Crippen LogP contribution in [0.5, 0.6) is 0 Å². The number of fused-ring (bicyclic) bond motifs is 1. The van der Waals surface area contributed by atoms with Crippen LogP contribution in [-0.2, 0) is 0 Å². The zero-order chi connectivity index (χ0) is 22.8. The Hall–Kier alpha value is -4.00. The predicted octanol–water partition coefficient (Wildman–Crippen LogP) is 6.48. The van der Waals surface area contributed by atoms with Crippen LogP contribution in [-0.4, -0.2) is 15.8 Å². The van der Waals surface area contributed by atoms with Crippen LogP contribution in [0.2, 0.25) is 0 Å². The van der Waals surface area contributed by atoms with Gasteiger partial charge in [0.2, 0.25) is 5.89 Å². The lowest BCUT2D eigenvalue weighted by Crippen LogP contribution is -2.14. The Bertz CT molecular complexity index is 1310. The van der Waals surface area contributed by atoms with E-state index < -0.39 is 10.8 Å². The molecule has 7 nitrogen and oxygen atoms in total. The fraction of sp³-hybridized carbons (Fsp3) is 0.200. The van der Waals surface area contributed by atoms with Crippen molar-refractivity contribution in [3.63, 3.8) is 0 Å². The third kappa shape index (κ3) is 4.09. The summed E-state index contributed by atoms with van der Waals surface area (Å²) in [5, 5.41) is 13.9. The first-order chi connectivity index (χ1) is 15.4. The molecule has 0 fully saturated rings. The average Bonchev–Trinajstić information content (AvgIpc) is 3.22. The van der Waals surface area contributed by atoms with Gasteiger partial charge in [-0.3, -0.25) is 14.9 Å². The monoisotopic (exact) mass is 429 g/mol. The van der Waals surface area contributed by atoms with Gasteiger partial charge in [0.25, 0.3) is 11.6 Å². The van der Waals surface area contributed by atoms with E-state index >= 15 is 0 Å². The fourth-order valence-corrected chi connectivity index (χ4v) is 3.57. The Morgan fingerprint density at radius 3 is 2.59 bits per heavy atom. The number of hydrogen-bond donors (Lipinski definition) is 1. The highest BCUT2D eigenvalue weighted by molar-refractivity contribution is 6.05. The number of nitrogens with one attached hydrogen (secondary N) is 1. The molecule has 32 heavy (non-hydrogen) atoms. The van der Waals surface area contributed by atoms with E-state index in [0.717, 1.165) is 23.1 Å². The molecule has 7 heteroatoms. The van der Waals surface area contributed by atoms with Gasteiger partial charge in [0.1, 0.15) is 5.52 Å². The first-order valence-corrected chi connectivity index (χ1v) is 10.4. The Balaban J connectivity index is 1.54. The maximum absolute atomic E-state index is 12.6. The highest BCUT2D eigenvalue weighted by Gasteiger charge is 2.18. The second kappa shape index (κ2) is 8.63. The summed E-state index contributed by atoms with van der Waals surface area (Å²) in [4.78, 5) is 27.9. The van der Waals surface area contributed by atoms with E-state index in [1.165, 1.54) is 17.7 Å². The quantitative estimate of drug-likeness (QED) is 0.279. The molecule has 0 aliphatic carbocycles. The lowest BCUT2D eigenvalue weighted by atomic mass is 9.98. The summed E-state index contributed by atoms with van der Waals surface area (Å²) < 4.78 is 5.90. The number of anilines is 1. The second-order valence-corrected chi connectivity index (χ2v) is 7.79. The number of nitro benzene ring substituents is 1. The molecule has 3 aromatic carbocycles. The zero-order valence-corrected chi connectivity index (χ0v) is 18.1. The number of benzene rings is 3. The lowest BCUT2D eigenvalue weighted by molar-refractivity contribution is -0.385. The molecule has 0 spiro atoms. The van der Waals surface area contributed by atoms with Gasteiger partial charge < -0.3 is 9.73 Å². The Kier molecular flexibility index (Phi) is 5.73. The largest absolute Gasteiger partial charge is 0.436 e. The minimum atomic E-state index is -0.493. The van der Waals surface area contributed by atoms with Crippen molar-refractivity contribution in [2.24, 2.45) is 0 Å². The van der Waals surface area contributed by atoms with Crippen molar-refractivity contribution in [3.8, 4) is 11.5 Å². The molecule has 0 saturated heterocycles. The van der Waals surface area contributed by atoms with E-state index in [0.29, 0.717) is 23.1 Å². The third-order valence-electron chi connectivity index (χ3n) is 5.73. The first-order valence-electron chi connectivity index (χ1n) is 10.4. The maximum atomic E-state index is 12.6. The highest BCUT2D eigenvalue weighted by Crippen LogP contribution is 2.29. The smallest absolute Gasteiger partial charge is 0.273 e. The van der Waals surface area contributed by atoms with Crippen molar-refractivity contribution in [2.75, 3.05) is 5.32 Å². The molecule has 0 saturated carbocycles. The van der Waals surface area contributed by atoms with Crippen molar-refractivity contribution in [2.45, 2.75) is 33.1 Å². The van der Waals surface area contributed by atoms with Gasteiger partial charge in [0.15, 0.2) is 5.58 Å². The zero-order valence-electron chi connectivity index (χ0n) is 18.1. The number of hydrogen-bond acceptors (Lipinski definition) is 5. The number of nitrogens with zero attached hydrogens (tertiary/aromatic N) is 2. The van der Waals surface area contributed by atoms with Gasteiger partial charge in [-0.1, -0.05) is 26.0 Å². The van der Waals surface area contributed by atoms with Crippen LogP contribution in [0.3, 0.4) is 0 Å². The molecule has 162 valence electrons. The molecular formula is C25H23N3O4. The minimum Gasteiger partial charge on any atom is -0.436 e. The van der Waals surface area contributed by atoms with Crippen LogP contribution >= 0.6 is 0 Å². The minimum absolute atomic E-state index is 0.0829. The molecule has 0 aliphatic rings. The van der Waals surface area contributed by atoms with Crippen LogP contribution in [0.1, 0.15) is 47.7 Å². The third-order valence-corrected chi connectivity index (χ3v) is 5.73. The van der Waals surface area contributed by atoms with Gasteiger partial charge in [-0.15, -0.1) is 0 Å². The summed E-state index contributed by atoms with van der Waals surface area (Å²) in [6, 6.07) is 17.7. The fourth-order valence-electron chi connectivity index (χ4n) is 3.57. The summed E-state index contributed by atoms with van der Waals surface area (Å²) in [5.41, 5.74) is 4.64. The topological polar surface area (TPSA) is 98.3 Å². The van der Waals surface area contributed by atoms with Crippen molar-refractivity contribution in [3.05, 3.63) is 87.5 Å². The van der Waals surface area contributed by atoms with Gasteiger partial charge in [-0.2, -0.15) is 0 Å². The van der Waals surface area contributed by atoms with Gasteiger partial charge in [-0.05, 0) is 67.3 Å². The summed E-state index contributed by atoms with van der Waals surface area (Å²) in [6.07, 6.45) is 1.05. The van der Waals surface area contributed by atoms with E-state index in [2.05, 4.69) is 36.3 Å². The van der Waals surface area contributed by atoms with E-state index in [1.54, 1.807) is 25.1 Å². The number of carbonyl (C=O) groups is 1. The summed E-state index contributed by atoms with van der Waals surface area (Å²) in [6.45, 7) is 5.91. The summed E-state index contributed by atoms with van der Waals surface area (Å²) in [7, 11) is 0. The average molecular weight is 429 g/mol. The van der Waals surface area contributed by atoms with Crippen molar-refractivity contribution >= 4 is 28.4 Å². The van der Waals surface area contributed by atoms with Gasteiger partial charge in [0.05, 0.1) is 4.92 Å². The molecule has 1 amide bonds. The van der Waals surface area contributed by atoms with Gasteiger partial charge >= 0.3 is 0 Å². The number of aromatic nitrogens is 1.